The molecule has 2 rings (SSSR count). The van der Waals surface area contributed by atoms with Crippen molar-refractivity contribution in [1.82, 2.24) is 0 Å². The van der Waals surface area contributed by atoms with Crippen LogP contribution in [0.25, 0.3) is 6.08 Å². The molecule has 0 aliphatic carbocycles. The Morgan fingerprint density at radius 2 is 1.87 bits per heavy atom. The van der Waals surface area contributed by atoms with Gasteiger partial charge in [-0.3, -0.25) is 4.79 Å². The maximum absolute atomic E-state index is 11.9. The van der Waals surface area contributed by atoms with Crippen molar-refractivity contribution in [3.63, 3.8) is 0 Å². The van der Waals surface area contributed by atoms with Gasteiger partial charge < -0.3 is 9.47 Å². The second kappa shape index (κ2) is 8.29. The van der Waals surface area contributed by atoms with Crippen molar-refractivity contribution < 1.29 is 19.1 Å². The zero-order valence-corrected chi connectivity index (χ0v) is 14.1. The third-order valence-corrected chi connectivity index (χ3v) is 3.51. The molecule has 0 atom stereocenters. The molecule has 0 spiro atoms. The van der Waals surface area contributed by atoms with Crippen molar-refractivity contribution in [3.05, 3.63) is 70.2 Å². The molecule has 4 nitrogen and oxygen atoms in total. The van der Waals surface area contributed by atoms with E-state index in [0.717, 1.165) is 15.8 Å². The molecule has 5 heteroatoms. The van der Waals surface area contributed by atoms with Crippen LogP contribution in [0.3, 0.4) is 0 Å². The fourth-order valence-corrected chi connectivity index (χ4v) is 2.21. The van der Waals surface area contributed by atoms with Crippen LogP contribution in [0.5, 0.6) is 5.75 Å². The van der Waals surface area contributed by atoms with Gasteiger partial charge in [0.15, 0.2) is 12.4 Å². The number of hydrogen-bond acceptors (Lipinski definition) is 4. The van der Waals surface area contributed by atoms with Crippen LogP contribution in [0.2, 0.25) is 0 Å². The molecule has 0 heterocycles. The lowest BCUT2D eigenvalue weighted by atomic mass is 10.1. The molecule has 118 valence electrons. The summed E-state index contributed by atoms with van der Waals surface area (Å²) in [7, 11) is 1.59. The van der Waals surface area contributed by atoms with Crippen molar-refractivity contribution in [3.8, 4) is 5.75 Å². The summed E-state index contributed by atoms with van der Waals surface area (Å²) in [5.74, 6) is -0.0778. The molecule has 0 aliphatic rings. The van der Waals surface area contributed by atoms with Crippen molar-refractivity contribution in [2.75, 3.05) is 13.7 Å². The highest BCUT2D eigenvalue weighted by atomic mass is 79.9. The largest absolute Gasteiger partial charge is 0.497 e. The fraction of sp³-hybridized carbons (Fsp3) is 0.111. The first-order chi connectivity index (χ1) is 11.1. The van der Waals surface area contributed by atoms with Crippen molar-refractivity contribution in [1.29, 1.82) is 0 Å². The van der Waals surface area contributed by atoms with Crippen LogP contribution in [-0.2, 0) is 9.53 Å². The maximum atomic E-state index is 11.9. The quantitative estimate of drug-likeness (QED) is 0.437. The van der Waals surface area contributed by atoms with Crippen molar-refractivity contribution in [2.24, 2.45) is 0 Å². The lowest BCUT2D eigenvalue weighted by Crippen LogP contribution is -2.12. The highest BCUT2D eigenvalue weighted by Gasteiger charge is 2.08. The van der Waals surface area contributed by atoms with Gasteiger partial charge in [0, 0.05) is 16.1 Å². The second-order valence-electron chi connectivity index (χ2n) is 4.65. The number of esters is 1. The van der Waals surface area contributed by atoms with Gasteiger partial charge in [-0.05, 0) is 35.9 Å². The molecule has 0 radical (unpaired) electrons. The number of ketones is 1. The van der Waals surface area contributed by atoms with E-state index in [-0.39, 0.29) is 12.4 Å². The number of carbonyl (C=O) groups excluding carboxylic acids is 2. The lowest BCUT2D eigenvalue weighted by Gasteiger charge is -2.02. The van der Waals surface area contributed by atoms with Gasteiger partial charge >= 0.3 is 5.97 Å². The zero-order chi connectivity index (χ0) is 16.7. The van der Waals surface area contributed by atoms with Crippen LogP contribution < -0.4 is 4.74 Å². The highest BCUT2D eigenvalue weighted by Crippen LogP contribution is 2.13. The van der Waals surface area contributed by atoms with Crippen LogP contribution in [-0.4, -0.2) is 25.5 Å². The first-order valence-electron chi connectivity index (χ1n) is 6.86. The molecule has 0 N–H and O–H groups in total. The number of ether oxygens (including phenoxy) is 2. The van der Waals surface area contributed by atoms with Crippen LogP contribution in [0.1, 0.15) is 15.9 Å². The Morgan fingerprint density at radius 3 is 2.52 bits per heavy atom. The number of Topliss-reactive ketones (excluding diaryl/α,β-unsaturated/α-hetero) is 1. The first-order valence-corrected chi connectivity index (χ1v) is 7.65. The van der Waals surface area contributed by atoms with E-state index in [0.29, 0.717) is 5.56 Å². The van der Waals surface area contributed by atoms with Crippen LogP contribution in [0.4, 0.5) is 0 Å². The molecule has 0 saturated carbocycles. The van der Waals surface area contributed by atoms with Gasteiger partial charge in [-0.15, -0.1) is 0 Å². The number of halogens is 1. The molecule has 0 fully saturated rings. The van der Waals surface area contributed by atoms with Crippen molar-refractivity contribution in [2.45, 2.75) is 0 Å². The summed E-state index contributed by atoms with van der Waals surface area (Å²) in [4.78, 5) is 23.6. The minimum absolute atomic E-state index is 0.252. The van der Waals surface area contributed by atoms with E-state index >= 15 is 0 Å². The Bertz CT molecular complexity index is 720. The summed E-state index contributed by atoms with van der Waals surface area (Å²) in [6.07, 6.45) is 2.90. The van der Waals surface area contributed by atoms with Crippen LogP contribution in [0.15, 0.2) is 59.1 Å². The predicted octanol–water partition coefficient (Wildman–Crippen LogP) is 3.90. The van der Waals surface area contributed by atoms with Gasteiger partial charge in [0.1, 0.15) is 5.75 Å². The van der Waals surface area contributed by atoms with E-state index in [4.69, 9.17) is 9.47 Å². The minimum atomic E-state index is -0.566. The Labute approximate surface area is 142 Å². The molecule has 0 aromatic heterocycles. The molecular weight excluding hydrogens is 360 g/mol. The van der Waals surface area contributed by atoms with Gasteiger partial charge in [-0.1, -0.05) is 40.2 Å². The second-order valence-corrected chi connectivity index (χ2v) is 5.56. The summed E-state index contributed by atoms with van der Waals surface area (Å²) in [6, 6.07) is 14.1. The third-order valence-electron chi connectivity index (χ3n) is 3.02. The molecule has 0 amide bonds. The number of methoxy groups -OCH3 is 1. The number of hydrogen-bond donors (Lipinski definition) is 0. The molecule has 2 aromatic rings. The summed E-state index contributed by atoms with van der Waals surface area (Å²) in [6.45, 7) is -0.289. The highest BCUT2D eigenvalue weighted by molar-refractivity contribution is 9.10. The summed E-state index contributed by atoms with van der Waals surface area (Å²) < 4.78 is 10.8. The van der Waals surface area contributed by atoms with E-state index in [1.807, 2.05) is 18.2 Å². The van der Waals surface area contributed by atoms with Crippen molar-refractivity contribution >= 4 is 33.8 Å². The smallest absolute Gasteiger partial charge is 0.331 e. The first kappa shape index (κ1) is 17.0. The fourth-order valence-electron chi connectivity index (χ4n) is 1.81. The standard InChI is InChI=1S/C18H15BrO4/c1-22-16-8-5-13(6-9-16)7-10-18(21)23-12-17(20)14-3-2-4-15(19)11-14/h2-11H,12H2,1H3/b10-7+. The van der Waals surface area contributed by atoms with E-state index in [2.05, 4.69) is 15.9 Å². The summed E-state index contributed by atoms with van der Waals surface area (Å²) in [5, 5.41) is 0. The Balaban J connectivity index is 1.86. The lowest BCUT2D eigenvalue weighted by molar-refractivity contribution is -0.136. The Morgan fingerprint density at radius 1 is 1.13 bits per heavy atom. The van der Waals surface area contributed by atoms with E-state index in [1.54, 1.807) is 43.5 Å². The molecule has 2 aromatic carbocycles. The number of rotatable bonds is 6. The maximum Gasteiger partial charge on any atom is 0.331 e. The van der Waals surface area contributed by atoms with Gasteiger partial charge in [0.25, 0.3) is 0 Å². The minimum Gasteiger partial charge on any atom is -0.497 e. The van der Waals surface area contributed by atoms with E-state index in [9.17, 15) is 9.59 Å². The molecule has 23 heavy (non-hydrogen) atoms. The average molecular weight is 375 g/mol. The van der Waals surface area contributed by atoms with Crippen LogP contribution in [0, 0.1) is 0 Å². The van der Waals surface area contributed by atoms with Gasteiger partial charge in [0.05, 0.1) is 7.11 Å². The topological polar surface area (TPSA) is 52.6 Å². The average Bonchev–Trinajstić information content (AvgIpc) is 2.58. The third kappa shape index (κ3) is 5.38. The summed E-state index contributed by atoms with van der Waals surface area (Å²) in [5.41, 5.74) is 1.33. The summed E-state index contributed by atoms with van der Waals surface area (Å²) >= 11 is 3.29. The number of carbonyl (C=O) groups is 2. The molecule has 0 aliphatic heterocycles. The van der Waals surface area contributed by atoms with E-state index in [1.165, 1.54) is 6.08 Å². The number of benzene rings is 2. The molecule has 0 unspecified atom stereocenters. The SMILES string of the molecule is COc1ccc(/C=C/C(=O)OCC(=O)c2cccc(Br)c2)cc1. The monoisotopic (exact) mass is 374 g/mol. The Kier molecular flexibility index (Phi) is 6.11. The van der Waals surface area contributed by atoms with E-state index < -0.39 is 5.97 Å². The van der Waals surface area contributed by atoms with Gasteiger partial charge in [0.2, 0.25) is 0 Å². The molecular formula is C18H15BrO4. The molecule has 0 saturated heterocycles. The molecule has 0 bridgehead atoms. The zero-order valence-electron chi connectivity index (χ0n) is 12.5. The van der Waals surface area contributed by atoms with Crippen LogP contribution >= 0.6 is 15.9 Å². The van der Waals surface area contributed by atoms with Gasteiger partial charge in [-0.2, -0.15) is 0 Å². The van der Waals surface area contributed by atoms with Gasteiger partial charge in [-0.25, -0.2) is 4.79 Å². The normalized spacial score (nSPS) is 10.5. The Hall–Kier alpha value is -2.40. The predicted molar refractivity (Wildman–Crippen MR) is 91.5 cm³/mol.